The summed E-state index contributed by atoms with van der Waals surface area (Å²) in [6.45, 7) is 21.9. The quantitative estimate of drug-likeness (QED) is 0.0346. The lowest BCUT2D eigenvalue weighted by molar-refractivity contribution is -0.185. The molecule has 1 aliphatic heterocycles. The van der Waals surface area contributed by atoms with E-state index in [1.54, 1.807) is 26.8 Å². The maximum atomic E-state index is 14.5. The minimum Gasteiger partial charge on any atom is -0.494 e. The highest BCUT2D eigenvalue weighted by molar-refractivity contribution is 6.74. The van der Waals surface area contributed by atoms with Gasteiger partial charge in [0.1, 0.15) is 17.4 Å². The molecule has 0 radical (unpaired) electrons. The van der Waals surface area contributed by atoms with Crippen LogP contribution in [0.5, 0.6) is 5.75 Å². The summed E-state index contributed by atoms with van der Waals surface area (Å²) in [5.41, 5.74) is -2.48. The van der Waals surface area contributed by atoms with Gasteiger partial charge < -0.3 is 38.5 Å². The van der Waals surface area contributed by atoms with Gasteiger partial charge in [0, 0.05) is 32.3 Å². The topological polar surface area (TPSA) is 139 Å². The van der Waals surface area contributed by atoms with Crippen LogP contribution in [-0.2, 0) is 44.2 Å². The fourth-order valence-electron chi connectivity index (χ4n) is 6.93. The van der Waals surface area contributed by atoms with E-state index in [1.807, 2.05) is 30.3 Å². The lowest BCUT2D eigenvalue weighted by atomic mass is 9.82. The van der Waals surface area contributed by atoms with Crippen molar-refractivity contribution in [2.45, 2.75) is 199 Å². The molecule has 0 aliphatic carbocycles. The van der Waals surface area contributed by atoms with E-state index in [-0.39, 0.29) is 24.5 Å². The van der Waals surface area contributed by atoms with Crippen molar-refractivity contribution < 1.29 is 47.6 Å². The predicted octanol–water partition coefficient (Wildman–Crippen LogP) is 10.2. The van der Waals surface area contributed by atoms with Crippen molar-refractivity contribution in [3.05, 3.63) is 42.0 Å². The number of methoxy groups -OCH3 is 1. The summed E-state index contributed by atoms with van der Waals surface area (Å²) < 4.78 is 35.4. The molecule has 12 heteroatoms. The van der Waals surface area contributed by atoms with Gasteiger partial charge in [-0.2, -0.15) is 0 Å². The van der Waals surface area contributed by atoms with Crippen LogP contribution >= 0.6 is 0 Å². The molecule has 2 unspecified atom stereocenters. The van der Waals surface area contributed by atoms with Crippen molar-refractivity contribution in [2.24, 2.45) is 5.92 Å². The molecule has 1 aromatic carbocycles. The highest BCUT2D eigenvalue weighted by Gasteiger charge is 2.50. The molecule has 0 bridgehead atoms. The maximum absolute atomic E-state index is 14.5. The highest BCUT2D eigenvalue weighted by Crippen LogP contribution is 2.38. The largest absolute Gasteiger partial charge is 0.494 e. The van der Waals surface area contributed by atoms with Gasteiger partial charge >= 0.3 is 11.9 Å². The highest BCUT2D eigenvalue weighted by atomic mass is 28.4. The number of carbonyl (C=O) groups is 3. The molecule has 2 rings (SSSR count). The second-order valence-corrected chi connectivity index (χ2v) is 23.9. The van der Waals surface area contributed by atoms with Crippen LogP contribution in [0.25, 0.3) is 0 Å². The van der Waals surface area contributed by atoms with Gasteiger partial charge in [0.15, 0.2) is 19.7 Å². The van der Waals surface area contributed by atoms with Gasteiger partial charge in [-0.15, -0.1) is 0 Å². The Morgan fingerprint density at radius 2 is 1.43 bits per heavy atom. The zero-order chi connectivity index (χ0) is 44.9. The molecule has 344 valence electrons. The van der Waals surface area contributed by atoms with Gasteiger partial charge in [0.2, 0.25) is 5.91 Å². The van der Waals surface area contributed by atoms with Crippen LogP contribution in [0, 0.1) is 5.92 Å². The molecule has 1 fully saturated rings. The second kappa shape index (κ2) is 26.0. The number of hydrogen-bond acceptors (Lipinski definition) is 10. The number of carbonyl (C=O) groups excluding carboxylic acids is 3. The predicted molar refractivity (Wildman–Crippen MR) is 241 cm³/mol. The Labute approximate surface area is 364 Å². The first kappa shape index (κ1) is 53.4. The molecule has 60 heavy (non-hydrogen) atoms. The van der Waals surface area contributed by atoms with Gasteiger partial charge in [-0.1, -0.05) is 104 Å². The van der Waals surface area contributed by atoms with Crippen LogP contribution in [0.1, 0.15) is 157 Å². The molecule has 0 spiro atoms. The van der Waals surface area contributed by atoms with E-state index >= 15 is 0 Å². The summed E-state index contributed by atoms with van der Waals surface area (Å²) in [5, 5.41) is 15.2. The zero-order valence-corrected chi connectivity index (χ0v) is 40.4. The molecular weight excluding hydrogens is 779 g/mol. The monoisotopic (exact) mass is 862 g/mol. The number of amides is 1. The summed E-state index contributed by atoms with van der Waals surface area (Å²) in [4.78, 5) is 41.7. The van der Waals surface area contributed by atoms with Crippen molar-refractivity contribution >= 4 is 26.2 Å². The Morgan fingerprint density at radius 1 is 0.850 bits per heavy atom. The average molecular weight is 862 g/mol. The third-order valence-corrected chi connectivity index (χ3v) is 16.3. The van der Waals surface area contributed by atoms with Crippen molar-refractivity contribution in [3.63, 3.8) is 0 Å². The van der Waals surface area contributed by atoms with Gasteiger partial charge in [-0.3, -0.25) is 4.79 Å². The Hall–Kier alpha value is -2.77. The third-order valence-electron chi connectivity index (χ3n) is 11.7. The smallest absolute Gasteiger partial charge is 0.339 e. The number of esters is 2. The van der Waals surface area contributed by atoms with E-state index in [2.05, 4.69) is 53.0 Å². The first-order chi connectivity index (χ1) is 28.2. The van der Waals surface area contributed by atoms with E-state index in [0.717, 1.165) is 63.4 Å². The summed E-state index contributed by atoms with van der Waals surface area (Å²) in [6.07, 6.45) is 17.6. The molecule has 1 amide bonds. The van der Waals surface area contributed by atoms with Gasteiger partial charge in [-0.25, -0.2) is 9.59 Å². The Kier molecular flexibility index (Phi) is 23.1. The Bertz CT molecular complexity index is 1430. The molecule has 1 heterocycles. The fraction of sp³-hybridized carbons (Fsp3) is 0.771. The van der Waals surface area contributed by atoms with E-state index in [0.29, 0.717) is 32.0 Å². The van der Waals surface area contributed by atoms with Crippen LogP contribution in [0.15, 0.2) is 36.4 Å². The molecular formula is C48H83NO10Si. The van der Waals surface area contributed by atoms with Crippen LogP contribution in [0.4, 0.5) is 0 Å². The van der Waals surface area contributed by atoms with Gasteiger partial charge in [0.05, 0.1) is 32.8 Å². The molecule has 0 aromatic heterocycles. The number of aliphatic hydroxyl groups is 1. The molecule has 2 N–H and O–H groups in total. The number of nitrogens with one attached hydrogen (secondary N) is 1. The fourth-order valence-corrected chi connectivity index (χ4v) is 7.98. The van der Waals surface area contributed by atoms with E-state index in [4.69, 9.17) is 28.1 Å². The van der Waals surface area contributed by atoms with E-state index in [1.165, 1.54) is 32.8 Å². The normalized spacial score (nSPS) is 16.6. The Balaban J connectivity index is 2.30. The molecule has 0 saturated carbocycles. The first-order valence-electron chi connectivity index (χ1n) is 22.9. The van der Waals surface area contributed by atoms with Crippen LogP contribution < -0.4 is 10.1 Å². The summed E-state index contributed by atoms with van der Waals surface area (Å²) in [6, 6.07) is 6.26. The number of hydrogen-bond donors (Lipinski definition) is 2. The van der Waals surface area contributed by atoms with Gasteiger partial charge in [0.25, 0.3) is 0 Å². The van der Waals surface area contributed by atoms with Crippen LogP contribution in [0.2, 0.25) is 18.1 Å². The maximum Gasteiger partial charge on any atom is 0.339 e. The van der Waals surface area contributed by atoms with Crippen molar-refractivity contribution in [1.82, 2.24) is 5.32 Å². The molecule has 1 saturated heterocycles. The SMILES string of the molecule is CCCCCCCC1(CCCCCC/C=C/C(C(=O)N[C@@H](Cc2ccc(OCCCC)cc2)C(=O)OC)C(O)(CCO[Si](C)(C)C(C)(C)C)C(=O)OC(C)(C)C)OCCO1. The van der Waals surface area contributed by atoms with Crippen LogP contribution in [-0.4, -0.2) is 87.8 Å². The van der Waals surface area contributed by atoms with Crippen molar-refractivity contribution in [2.75, 3.05) is 33.5 Å². The number of rotatable bonds is 29. The zero-order valence-electron chi connectivity index (χ0n) is 39.4. The number of unbranched alkanes of at least 4 members (excludes halogenated alkanes) is 9. The standard InChI is InChI=1S/C48H83NO10Si/c1-12-14-16-20-23-30-47(56-35-36-57-47)31-24-21-18-17-19-22-25-40(48(53,44(52)59-45(3,4)5)32-34-58-60(10,11)46(6,7)8)42(50)49-41(43(51)54-9)37-38-26-28-39(29-27-38)55-33-15-13-2/h22,25-29,40-41,53H,12-21,23-24,30-37H2,1-11H3,(H,49,50)/b25-22+/t40?,41-,48?/m0/s1. The molecule has 1 aliphatic rings. The van der Waals surface area contributed by atoms with E-state index < -0.39 is 55.1 Å². The van der Waals surface area contributed by atoms with Crippen molar-refractivity contribution in [3.8, 4) is 5.75 Å². The van der Waals surface area contributed by atoms with E-state index in [9.17, 15) is 19.5 Å². The number of benzene rings is 1. The third kappa shape index (κ3) is 18.7. The van der Waals surface area contributed by atoms with Gasteiger partial charge in [-0.05, 0) is 88.7 Å². The number of ether oxygens (including phenoxy) is 5. The average Bonchev–Trinajstić information content (AvgIpc) is 3.64. The minimum absolute atomic E-state index is 0.0324. The number of allylic oxidation sites excluding steroid dienone is 1. The van der Waals surface area contributed by atoms with Crippen LogP contribution in [0.3, 0.4) is 0 Å². The lowest BCUT2D eigenvalue weighted by Crippen LogP contribution is -2.57. The second-order valence-electron chi connectivity index (χ2n) is 19.0. The first-order valence-corrected chi connectivity index (χ1v) is 25.8. The summed E-state index contributed by atoms with van der Waals surface area (Å²) in [5.74, 6) is -3.41. The summed E-state index contributed by atoms with van der Waals surface area (Å²) >= 11 is 0. The lowest BCUT2D eigenvalue weighted by Gasteiger charge is -2.38. The molecule has 1 aromatic rings. The van der Waals surface area contributed by atoms with Crippen molar-refractivity contribution in [1.29, 1.82) is 0 Å². The molecule has 3 atom stereocenters. The minimum atomic E-state index is -2.31. The summed E-state index contributed by atoms with van der Waals surface area (Å²) in [7, 11) is -1.03. The molecule has 11 nitrogen and oxygen atoms in total. The Morgan fingerprint density at radius 3 is 1.98 bits per heavy atom.